The van der Waals surface area contributed by atoms with Crippen molar-refractivity contribution in [3.8, 4) is 0 Å². The molecular formula is C17H22N2O5. The number of hydrogen-bond acceptors (Lipinski definition) is 5. The Balaban J connectivity index is 1.90. The molecule has 0 spiro atoms. The van der Waals surface area contributed by atoms with Gasteiger partial charge in [-0.15, -0.1) is 0 Å². The normalized spacial score (nSPS) is 20.2. The van der Waals surface area contributed by atoms with Gasteiger partial charge in [-0.1, -0.05) is 30.3 Å². The van der Waals surface area contributed by atoms with E-state index < -0.39 is 12.0 Å². The van der Waals surface area contributed by atoms with Crippen LogP contribution in [0.4, 0.5) is 4.79 Å². The van der Waals surface area contributed by atoms with Gasteiger partial charge in [-0.3, -0.25) is 9.59 Å². The number of nitrogens with zero attached hydrogens (tertiary/aromatic N) is 1. The van der Waals surface area contributed by atoms with E-state index in [2.05, 4.69) is 5.32 Å². The molecule has 2 unspecified atom stereocenters. The van der Waals surface area contributed by atoms with Crippen molar-refractivity contribution in [1.82, 2.24) is 10.2 Å². The quantitative estimate of drug-likeness (QED) is 0.840. The number of amides is 2. The van der Waals surface area contributed by atoms with Crippen LogP contribution in [-0.2, 0) is 25.7 Å². The number of nitrogens with one attached hydrogen (secondary N) is 1. The summed E-state index contributed by atoms with van der Waals surface area (Å²) in [6.45, 7) is 2.25. The van der Waals surface area contributed by atoms with Crippen molar-refractivity contribution in [3.05, 3.63) is 35.9 Å². The Kier molecular flexibility index (Phi) is 6.17. The number of methoxy groups -OCH3 is 1. The molecule has 1 fully saturated rings. The lowest BCUT2D eigenvalue weighted by atomic mass is 9.94. The van der Waals surface area contributed by atoms with Gasteiger partial charge in [0.25, 0.3) is 0 Å². The minimum absolute atomic E-state index is 0.145. The minimum atomic E-state index is -0.571. The monoisotopic (exact) mass is 334 g/mol. The van der Waals surface area contributed by atoms with E-state index in [1.807, 2.05) is 30.3 Å². The number of hydrogen-bond donors (Lipinski definition) is 1. The molecule has 1 aromatic carbocycles. The highest BCUT2D eigenvalue weighted by Gasteiger charge is 2.34. The maximum Gasteiger partial charge on any atom is 0.407 e. The smallest absolute Gasteiger partial charge is 0.407 e. The molecule has 0 bridgehead atoms. The van der Waals surface area contributed by atoms with Crippen LogP contribution in [0.1, 0.15) is 18.9 Å². The highest BCUT2D eigenvalue weighted by atomic mass is 16.5. The molecule has 7 nitrogen and oxygen atoms in total. The van der Waals surface area contributed by atoms with Crippen LogP contribution in [0, 0.1) is 5.92 Å². The molecule has 1 saturated heterocycles. The molecule has 1 aliphatic rings. The first-order chi connectivity index (χ1) is 11.5. The summed E-state index contributed by atoms with van der Waals surface area (Å²) < 4.78 is 9.93. The first-order valence-corrected chi connectivity index (χ1v) is 7.80. The molecular weight excluding hydrogens is 312 g/mol. The lowest BCUT2D eigenvalue weighted by molar-refractivity contribution is -0.149. The van der Waals surface area contributed by atoms with E-state index in [1.165, 1.54) is 18.9 Å². The highest BCUT2D eigenvalue weighted by molar-refractivity contribution is 5.77. The molecule has 1 aromatic rings. The number of carbonyl (C=O) groups excluding carboxylic acids is 3. The number of esters is 1. The van der Waals surface area contributed by atoms with Gasteiger partial charge in [-0.05, 0) is 12.0 Å². The van der Waals surface area contributed by atoms with E-state index in [1.54, 1.807) is 0 Å². The topological polar surface area (TPSA) is 84.9 Å². The van der Waals surface area contributed by atoms with Gasteiger partial charge in [0.2, 0.25) is 5.91 Å². The predicted molar refractivity (Wildman–Crippen MR) is 85.9 cm³/mol. The standard InChI is InChI=1S/C17H22N2O5/c1-12(20)19-9-14(16(21)23-2)8-15(10-19)18-17(22)24-11-13-6-4-3-5-7-13/h3-7,14-15H,8-11H2,1-2H3,(H,18,22). The zero-order valence-electron chi connectivity index (χ0n) is 13.9. The number of piperidine rings is 1. The highest BCUT2D eigenvalue weighted by Crippen LogP contribution is 2.18. The second-order valence-corrected chi connectivity index (χ2v) is 5.78. The number of alkyl carbamates (subject to hydrolysis) is 1. The third kappa shape index (κ3) is 4.97. The van der Waals surface area contributed by atoms with Gasteiger partial charge < -0.3 is 19.7 Å². The van der Waals surface area contributed by atoms with Crippen molar-refractivity contribution in [2.75, 3.05) is 20.2 Å². The van der Waals surface area contributed by atoms with Gasteiger partial charge >= 0.3 is 12.1 Å². The molecule has 0 saturated carbocycles. The maximum absolute atomic E-state index is 12.0. The van der Waals surface area contributed by atoms with Gasteiger partial charge in [0.15, 0.2) is 0 Å². The van der Waals surface area contributed by atoms with E-state index >= 15 is 0 Å². The van der Waals surface area contributed by atoms with Crippen molar-refractivity contribution in [3.63, 3.8) is 0 Å². The van der Waals surface area contributed by atoms with E-state index in [9.17, 15) is 14.4 Å². The molecule has 7 heteroatoms. The summed E-state index contributed by atoms with van der Waals surface area (Å²) in [5, 5.41) is 2.72. The average molecular weight is 334 g/mol. The molecule has 1 aliphatic heterocycles. The van der Waals surface area contributed by atoms with Crippen LogP contribution >= 0.6 is 0 Å². The van der Waals surface area contributed by atoms with Crippen molar-refractivity contribution in [2.45, 2.75) is 26.0 Å². The molecule has 130 valence electrons. The van der Waals surface area contributed by atoms with Crippen LogP contribution in [0.5, 0.6) is 0 Å². The van der Waals surface area contributed by atoms with Crippen LogP contribution in [0.25, 0.3) is 0 Å². The first-order valence-electron chi connectivity index (χ1n) is 7.80. The van der Waals surface area contributed by atoms with Crippen LogP contribution in [0.15, 0.2) is 30.3 Å². The summed E-state index contributed by atoms with van der Waals surface area (Å²) in [4.78, 5) is 36.9. The lowest BCUT2D eigenvalue weighted by Gasteiger charge is -2.36. The lowest BCUT2D eigenvalue weighted by Crippen LogP contribution is -2.53. The molecule has 1 N–H and O–H groups in total. The van der Waals surface area contributed by atoms with Gasteiger partial charge in [0.1, 0.15) is 6.61 Å². The fraction of sp³-hybridized carbons (Fsp3) is 0.471. The van der Waals surface area contributed by atoms with Crippen LogP contribution in [0.2, 0.25) is 0 Å². The SMILES string of the molecule is COC(=O)C1CC(NC(=O)OCc2ccccc2)CN(C(C)=O)C1. The predicted octanol–water partition coefficient (Wildman–Crippen LogP) is 1.32. The Labute approximate surface area is 140 Å². The van der Waals surface area contributed by atoms with Crippen LogP contribution < -0.4 is 5.32 Å². The molecule has 2 rings (SSSR count). The fourth-order valence-electron chi connectivity index (χ4n) is 2.73. The summed E-state index contributed by atoms with van der Waals surface area (Å²) in [5.74, 6) is -0.981. The molecule has 0 aliphatic carbocycles. The molecule has 0 radical (unpaired) electrons. The number of carbonyl (C=O) groups is 3. The van der Waals surface area contributed by atoms with Crippen molar-refractivity contribution < 1.29 is 23.9 Å². The molecule has 2 amide bonds. The molecule has 0 aromatic heterocycles. The zero-order chi connectivity index (χ0) is 17.5. The largest absolute Gasteiger partial charge is 0.469 e. The van der Waals surface area contributed by atoms with E-state index in [4.69, 9.17) is 9.47 Å². The second-order valence-electron chi connectivity index (χ2n) is 5.78. The number of rotatable bonds is 4. The Hall–Kier alpha value is -2.57. The minimum Gasteiger partial charge on any atom is -0.469 e. The van der Waals surface area contributed by atoms with Gasteiger partial charge in [-0.2, -0.15) is 0 Å². The zero-order valence-corrected chi connectivity index (χ0v) is 13.9. The van der Waals surface area contributed by atoms with Gasteiger partial charge in [0.05, 0.1) is 19.1 Å². The molecule has 1 heterocycles. The Morgan fingerprint density at radius 1 is 1.21 bits per heavy atom. The Bertz CT molecular complexity index is 590. The van der Waals surface area contributed by atoms with E-state index in [-0.39, 0.29) is 24.5 Å². The van der Waals surface area contributed by atoms with Gasteiger partial charge in [-0.25, -0.2) is 4.79 Å². The summed E-state index contributed by atoms with van der Waals surface area (Å²) in [6.07, 6.45) is -0.158. The maximum atomic E-state index is 12.0. The van der Waals surface area contributed by atoms with Crippen molar-refractivity contribution in [1.29, 1.82) is 0 Å². The summed E-state index contributed by atoms with van der Waals surface area (Å²) in [7, 11) is 1.31. The molecule has 2 atom stereocenters. The summed E-state index contributed by atoms with van der Waals surface area (Å²) in [5.41, 5.74) is 0.883. The summed E-state index contributed by atoms with van der Waals surface area (Å²) in [6, 6.07) is 8.98. The third-order valence-electron chi connectivity index (χ3n) is 3.97. The average Bonchev–Trinajstić information content (AvgIpc) is 2.59. The van der Waals surface area contributed by atoms with Gasteiger partial charge in [0, 0.05) is 20.0 Å². The second kappa shape index (κ2) is 8.33. The first kappa shape index (κ1) is 17.8. The number of ether oxygens (including phenoxy) is 2. The van der Waals surface area contributed by atoms with E-state index in [0.29, 0.717) is 19.5 Å². The van der Waals surface area contributed by atoms with Crippen molar-refractivity contribution >= 4 is 18.0 Å². The third-order valence-corrected chi connectivity index (χ3v) is 3.97. The van der Waals surface area contributed by atoms with Crippen molar-refractivity contribution in [2.24, 2.45) is 5.92 Å². The Morgan fingerprint density at radius 2 is 1.92 bits per heavy atom. The number of likely N-dealkylation sites (tertiary alicyclic amines) is 1. The van der Waals surface area contributed by atoms with E-state index in [0.717, 1.165) is 5.56 Å². The van der Waals surface area contributed by atoms with Crippen LogP contribution in [-0.4, -0.2) is 49.1 Å². The summed E-state index contributed by atoms with van der Waals surface area (Å²) >= 11 is 0. The Morgan fingerprint density at radius 3 is 2.54 bits per heavy atom. The fourth-order valence-corrected chi connectivity index (χ4v) is 2.73. The number of benzene rings is 1. The molecule has 24 heavy (non-hydrogen) atoms. The van der Waals surface area contributed by atoms with Crippen LogP contribution in [0.3, 0.4) is 0 Å².